The molecule has 0 saturated heterocycles. The van der Waals surface area contributed by atoms with Gasteiger partial charge >= 0.3 is 0 Å². The van der Waals surface area contributed by atoms with Gasteiger partial charge in [-0.25, -0.2) is 0 Å². The number of aromatic nitrogens is 1. The number of pyridine rings is 1. The van der Waals surface area contributed by atoms with Gasteiger partial charge in [-0.3, -0.25) is 14.6 Å². The molecule has 1 aromatic heterocycles. The number of anilines is 1. The fourth-order valence-electron chi connectivity index (χ4n) is 2.23. The Morgan fingerprint density at radius 1 is 1.08 bits per heavy atom. The maximum Gasteiger partial charge on any atom is 0.257 e. The number of hydrogen-bond acceptors (Lipinski definition) is 3. The molecular weight excluding hydrogens is 361 g/mol. The minimum Gasteiger partial charge on any atom is -0.342 e. The number of amides is 2. The number of benzene rings is 1. The number of halogens is 2. The van der Waals surface area contributed by atoms with Crippen LogP contribution in [0.5, 0.6) is 0 Å². The van der Waals surface area contributed by atoms with Crippen molar-refractivity contribution in [3.8, 4) is 0 Å². The minimum atomic E-state index is -0.392. The number of nitrogens with zero attached hydrogens (tertiary/aromatic N) is 2. The standard InChI is InChI=1S/C18H19Cl2N3O2/c1-3-4-5-23(2)18(25)13-6-12(10-21-11-13)17(24)22-16-8-14(19)7-15(20)9-16/h6-11H,3-5H2,1-2H3,(H,22,24). The second-order valence-electron chi connectivity index (χ2n) is 5.65. The SMILES string of the molecule is CCCCN(C)C(=O)c1cncc(C(=O)Nc2cc(Cl)cc(Cl)c2)c1. The van der Waals surface area contributed by atoms with Crippen LogP contribution in [0.2, 0.25) is 10.0 Å². The lowest BCUT2D eigenvalue weighted by Crippen LogP contribution is -2.28. The van der Waals surface area contributed by atoms with E-state index in [1.807, 2.05) is 0 Å². The van der Waals surface area contributed by atoms with Crippen molar-refractivity contribution in [1.82, 2.24) is 9.88 Å². The molecule has 2 rings (SSSR count). The van der Waals surface area contributed by atoms with Gasteiger partial charge in [0.05, 0.1) is 11.1 Å². The van der Waals surface area contributed by atoms with Gasteiger partial charge < -0.3 is 10.2 Å². The Morgan fingerprint density at radius 2 is 1.72 bits per heavy atom. The molecule has 0 bridgehead atoms. The van der Waals surface area contributed by atoms with Crippen LogP contribution in [0.1, 0.15) is 40.5 Å². The van der Waals surface area contributed by atoms with Gasteiger partial charge in [-0.05, 0) is 30.7 Å². The molecule has 7 heteroatoms. The summed E-state index contributed by atoms with van der Waals surface area (Å²) in [4.78, 5) is 30.4. The van der Waals surface area contributed by atoms with E-state index in [1.54, 1.807) is 30.1 Å². The quantitative estimate of drug-likeness (QED) is 0.802. The molecule has 1 heterocycles. The number of rotatable bonds is 6. The first kappa shape index (κ1) is 19.2. The Bertz CT molecular complexity index is 760. The Kier molecular flexibility index (Phi) is 6.79. The fourth-order valence-corrected chi connectivity index (χ4v) is 2.75. The van der Waals surface area contributed by atoms with Crippen molar-refractivity contribution in [2.45, 2.75) is 19.8 Å². The van der Waals surface area contributed by atoms with E-state index in [-0.39, 0.29) is 11.5 Å². The summed E-state index contributed by atoms with van der Waals surface area (Å²) in [7, 11) is 1.73. The largest absolute Gasteiger partial charge is 0.342 e. The molecule has 1 aromatic carbocycles. The van der Waals surface area contributed by atoms with Crippen LogP contribution in [0.4, 0.5) is 5.69 Å². The molecule has 0 radical (unpaired) electrons. The lowest BCUT2D eigenvalue weighted by Gasteiger charge is -2.16. The molecule has 5 nitrogen and oxygen atoms in total. The normalized spacial score (nSPS) is 10.4. The molecule has 0 aliphatic heterocycles. The lowest BCUT2D eigenvalue weighted by atomic mass is 10.1. The molecular formula is C18H19Cl2N3O2. The van der Waals surface area contributed by atoms with Crippen molar-refractivity contribution in [3.63, 3.8) is 0 Å². The van der Waals surface area contributed by atoms with Gasteiger partial charge in [0.2, 0.25) is 0 Å². The van der Waals surface area contributed by atoms with Crippen molar-refractivity contribution in [2.24, 2.45) is 0 Å². The van der Waals surface area contributed by atoms with Crippen LogP contribution >= 0.6 is 23.2 Å². The molecule has 0 spiro atoms. The Hall–Kier alpha value is -2.11. The zero-order valence-corrected chi connectivity index (χ0v) is 15.6. The van der Waals surface area contributed by atoms with E-state index in [4.69, 9.17) is 23.2 Å². The Labute approximate surface area is 157 Å². The highest BCUT2D eigenvalue weighted by Gasteiger charge is 2.15. The van der Waals surface area contributed by atoms with Crippen LogP contribution in [0.15, 0.2) is 36.7 Å². The first-order valence-corrected chi connectivity index (χ1v) is 8.64. The molecule has 25 heavy (non-hydrogen) atoms. The van der Waals surface area contributed by atoms with Crippen LogP contribution in [0.25, 0.3) is 0 Å². The third-order valence-corrected chi connectivity index (χ3v) is 4.00. The predicted octanol–water partition coefficient (Wildman–Crippen LogP) is 4.51. The van der Waals surface area contributed by atoms with Crippen molar-refractivity contribution in [2.75, 3.05) is 18.9 Å². The number of carbonyl (C=O) groups excluding carboxylic acids is 2. The molecule has 0 aliphatic rings. The van der Waals surface area contributed by atoms with Crippen LogP contribution in [-0.4, -0.2) is 35.3 Å². The summed E-state index contributed by atoms with van der Waals surface area (Å²) in [6.45, 7) is 2.72. The molecule has 1 N–H and O–H groups in total. The summed E-state index contributed by atoms with van der Waals surface area (Å²) < 4.78 is 0. The predicted molar refractivity (Wildman–Crippen MR) is 101 cm³/mol. The third-order valence-electron chi connectivity index (χ3n) is 3.56. The molecule has 0 aliphatic carbocycles. The Balaban J connectivity index is 2.14. The maximum atomic E-state index is 12.4. The summed E-state index contributed by atoms with van der Waals surface area (Å²) in [6.07, 6.45) is 4.79. The molecule has 2 amide bonds. The summed E-state index contributed by atoms with van der Waals surface area (Å²) in [5.41, 5.74) is 1.13. The summed E-state index contributed by atoms with van der Waals surface area (Å²) in [5, 5.41) is 3.53. The van der Waals surface area contributed by atoms with E-state index in [0.717, 1.165) is 12.8 Å². The van der Waals surface area contributed by atoms with Crippen molar-refractivity contribution >= 4 is 40.7 Å². The van der Waals surface area contributed by atoms with Crippen molar-refractivity contribution in [3.05, 3.63) is 57.8 Å². The van der Waals surface area contributed by atoms with Gasteiger partial charge in [0.25, 0.3) is 11.8 Å². The minimum absolute atomic E-state index is 0.165. The highest BCUT2D eigenvalue weighted by molar-refractivity contribution is 6.35. The average molecular weight is 380 g/mol. The zero-order chi connectivity index (χ0) is 18.4. The second kappa shape index (κ2) is 8.83. The number of hydrogen-bond donors (Lipinski definition) is 1. The summed E-state index contributed by atoms with van der Waals surface area (Å²) >= 11 is 11.8. The average Bonchev–Trinajstić information content (AvgIpc) is 2.58. The highest BCUT2D eigenvalue weighted by Crippen LogP contribution is 2.23. The maximum absolute atomic E-state index is 12.4. The lowest BCUT2D eigenvalue weighted by molar-refractivity contribution is 0.0793. The first-order valence-electron chi connectivity index (χ1n) is 7.88. The summed E-state index contributed by atoms with van der Waals surface area (Å²) in [6, 6.07) is 6.28. The van der Waals surface area contributed by atoms with Gasteiger partial charge in [0.15, 0.2) is 0 Å². The molecule has 2 aromatic rings. The van der Waals surface area contributed by atoms with E-state index >= 15 is 0 Å². The third kappa shape index (κ3) is 5.44. The molecule has 132 valence electrons. The Morgan fingerprint density at radius 3 is 2.36 bits per heavy atom. The van der Waals surface area contributed by atoms with E-state index < -0.39 is 5.91 Å². The van der Waals surface area contributed by atoms with Crippen molar-refractivity contribution < 1.29 is 9.59 Å². The highest BCUT2D eigenvalue weighted by atomic mass is 35.5. The number of unbranched alkanes of at least 4 members (excludes halogenated alkanes) is 1. The van der Waals surface area contributed by atoms with Gasteiger partial charge in [0, 0.05) is 41.7 Å². The number of nitrogens with one attached hydrogen (secondary N) is 1. The van der Waals surface area contributed by atoms with Gasteiger partial charge in [0.1, 0.15) is 0 Å². The van der Waals surface area contributed by atoms with Gasteiger partial charge in [-0.2, -0.15) is 0 Å². The smallest absolute Gasteiger partial charge is 0.257 e. The van der Waals surface area contributed by atoms with E-state index in [2.05, 4.69) is 17.2 Å². The topological polar surface area (TPSA) is 62.3 Å². The van der Waals surface area contributed by atoms with E-state index in [1.165, 1.54) is 18.5 Å². The summed E-state index contributed by atoms with van der Waals surface area (Å²) in [5.74, 6) is -0.557. The first-order chi connectivity index (χ1) is 11.9. The monoisotopic (exact) mass is 379 g/mol. The van der Waals surface area contributed by atoms with E-state index in [0.29, 0.717) is 27.8 Å². The van der Waals surface area contributed by atoms with Gasteiger partial charge in [-0.1, -0.05) is 36.5 Å². The second-order valence-corrected chi connectivity index (χ2v) is 6.53. The van der Waals surface area contributed by atoms with E-state index in [9.17, 15) is 9.59 Å². The zero-order valence-electron chi connectivity index (χ0n) is 14.1. The van der Waals surface area contributed by atoms with Crippen LogP contribution < -0.4 is 5.32 Å². The fraction of sp³-hybridized carbons (Fsp3) is 0.278. The molecule has 0 saturated carbocycles. The van der Waals surface area contributed by atoms with Crippen molar-refractivity contribution in [1.29, 1.82) is 0 Å². The van der Waals surface area contributed by atoms with Crippen LogP contribution in [0, 0.1) is 0 Å². The molecule has 0 unspecified atom stereocenters. The van der Waals surface area contributed by atoms with Crippen LogP contribution in [-0.2, 0) is 0 Å². The molecule has 0 atom stereocenters. The molecule has 0 fully saturated rings. The number of carbonyl (C=O) groups is 2. The van der Waals surface area contributed by atoms with Crippen LogP contribution in [0.3, 0.4) is 0 Å². The van der Waals surface area contributed by atoms with Gasteiger partial charge in [-0.15, -0.1) is 0 Å².